The second kappa shape index (κ2) is 8.73. The number of amides is 1. The third-order valence-electron chi connectivity index (χ3n) is 2.58. The molecular formula is C16H25ClN2O3. The molecule has 0 aliphatic rings. The first-order valence-corrected chi connectivity index (χ1v) is 7.82. The van der Waals surface area contributed by atoms with Gasteiger partial charge in [-0.3, -0.25) is 0 Å². The lowest BCUT2D eigenvalue weighted by Crippen LogP contribution is -2.33. The quantitative estimate of drug-likeness (QED) is 0.741. The van der Waals surface area contributed by atoms with Crippen molar-refractivity contribution in [3.63, 3.8) is 0 Å². The number of hydrogen-bond acceptors (Lipinski definition) is 4. The molecule has 0 fully saturated rings. The summed E-state index contributed by atoms with van der Waals surface area (Å²) in [6.07, 6.45) is 0.363. The Labute approximate surface area is 137 Å². The van der Waals surface area contributed by atoms with Gasteiger partial charge in [0, 0.05) is 18.1 Å². The molecule has 6 heteroatoms. The first-order valence-electron chi connectivity index (χ1n) is 7.45. The predicted octanol–water partition coefficient (Wildman–Crippen LogP) is 4.07. The molecule has 0 aliphatic heterocycles. The number of ether oxygens (including phenoxy) is 2. The first-order chi connectivity index (χ1) is 10.3. The highest BCUT2D eigenvalue weighted by Crippen LogP contribution is 2.27. The van der Waals surface area contributed by atoms with Gasteiger partial charge in [0.25, 0.3) is 0 Å². The van der Waals surface area contributed by atoms with Crippen LogP contribution < -0.4 is 15.4 Å². The monoisotopic (exact) mass is 328 g/mol. The van der Waals surface area contributed by atoms with E-state index in [1.54, 1.807) is 6.07 Å². The molecular weight excluding hydrogens is 304 g/mol. The predicted molar refractivity (Wildman–Crippen MR) is 90.0 cm³/mol. The van der Waals surface area contributed by atoms with E-state index in [1.165, 1.54) is 0 Å². The molecule has 0 unspecified atom stereocenters. The zero-order valence-corrected chi connectivity index (χ0v) is 14.4. The normalized spacial score (nSPS) is 11.0. The summed E-state index contributed by atoms with van der Waals surface area (Å²) in [6.45, 7) is 9.26. The fraction of sp³-hybridized carbons (Fsp3) is 0.562. The molecule has 0 spiro atoms. The summed E-state index contributed by atoms with van der Waals surface area (Å²) in [4.78, 5) is 11.5. The highest BCUT2D eigenvalue weighted by atomic mass is 35.5. The average Bonchev–Trinajstić information content (AvgIpc) is 2.39. The van der Waals surface area contributed by atoms with Crippen LogP contribution in [0.25, 0.3) is 0 Å². The largest absolute Gasteiger partial charge is 0.492 e. The number of anilines is 1. The van der Waals surface area contributed by atoms with Crippen molar-refractivity contribution in [2.24, 2.45) is 0 Å². The Kier molecular flexibility index (Phi) is 7.32. The number of nitrogens with one attached hydrogen (secondary N) is 2. The van der Waals surface area contributed by atoms with E-state index in [9.17, 15) is 4.79 Å². The summed E-state index contributed by atoms with van der Waals surface area (Å²) in [6, 6.07) is 5.46. The van der Waals surface area contributed by atoms with Gasteiger partial charge < -0.3 is 20.1 Å². The van der Waals surface area contributed by atoms with E-state index in [0.29, 0.717) is 24.7 Å². The standard InChI is InChI=1S/C16H25ClN2O3/c1-5-21-14-8-7-12(17)11-13(14)18-9-6-10-19-15(20)22-16(2,3)4/h7-8,11,18H,5-6,9-10H2,1-4H3,(H,19,20). The van der Waals surface area contributed by atoms with Crippen molar-refractivity contribution >= 4 is 23.4 Å². The van der Waals surface area contributed by atoms with Gasteiger partial charge >= 0.3 is 6.09 Å². The van der Waals surface area contributed by atoms with E-state index >= 15 is 0 Å². The van der Waals surface area contributed by atoms with Gasteiger partial charge in [-0.1, -0.05) is 11.6 Å². The topological polar surface area (TPSA) is 59.6 Å². The number of hydrogen-bond donors (Lipinski definition) is 2. The number of rotatable bonds is 7. The Morgan fingerprint density at radius 3 is 2.64 bits per heavy atom. The second-order valence-corrected chi connectivity index (χ2v) is 6.22. The number of carbonyl (C=O) groups excluding carboxylic acids is 1. The molecule has 0 saturated heterocycles. The fourth-order valence-electron chi connectivity index (χ4n) is 1.74. The minimum atomic E-state index is -0.477. The molecule has 1 aromatic carbocycles. The Morgan fingerprint density at radius 1 is 1.27 bits per heavy atom. The zero-order chi connectivity index (χ0) is 16.6. The first kappa shape index (κ1) is 18.4. The molecule has 1 rings (SSSR count). The smallest absolute Gasteiger partial charge is 0.407 e. The molecule has 0 aromatic heterocycles. The Morgan fingerprint density at radius 2 is 2.00 bits per heavy atom. The summed E-state index contributed by atoms with van der Waals surface area (Å²) in [5.41, 5.74) is 0.377. The van der Waals surface area contributed by atoms with Crippen LogP contribution in [-0.4, -0.2) is 31.4 Å². The third-order valence-corrected chi connectivity index (χ3v) is 2.81. The summed E-state index contributed by atoms with van der Waals surface area (Å²) in [7, 11) is 0. The third kappa shape index (κ3) is 7.41. The summed E-state index contributed by atoms with van der Waals surface area (Å²) < 4.78 is 10.7. The van der Waals surface area contributed by atoms with Gasteiger partial charge in [-0.15, -0.1) is 0 Å². The molecule has 0 heterocycles. The molecule has 0 bridgehead atoms. The Balaban J connectivity index is 2.33. The molecule has 5 nitrogen and oxygen atoms in total. The van der Waals surface area contributed by atoms with Crippen LogP contribution >= 0.6 is 11.6 Å². The van der Waals surface area contributed by atoms with Crippen molar-refractivity contribution in [1.29, 1.82) is 0 Å². The van der Waals surface area contributed by atoms with Crippen LogP contribution in [-0.2, 0) is 4.74 Å². The van der Waals surface area contributed by atoms with E-state index in [2.05, 4.69) is 10.6 Å². The summed E-state index contributed by atoms with van der Waals surface area (Å²) in [5, 5.41) is 6.63. The van der Waals surface area contributed by atoms with Crippen molar-refractivity contribution < 1.29 is 14.3 Å². The van der Waals surface area contributed by atoms with Crippen molar-refractivity contribution in [1.82, 2.24) is 5.32 Å². The lowest BCUT2D eigenvalue weighted by atomic mass is 10.2. The van der Waals surface area contributed by atoms with Crippen LogP contribution in [0.4, 0.5) is 10.5 Å². The lowest BCUT2D eigenvalue weighted by Gasteiger charge is -2.19. The van der Waals surface area contributed by atoms with Crippen LogP contribution in [0.3, 0.4) is 0 Å². The Bertz CT molecular complexity index is 487. The van der Waals surface area contributed by atoms with Crippen molar-refractivity contribution in [2.75, 3.05) is 25.0 Å². The molecule has 1 aromatic rings. The maximum absolute atomic E-state index is 11.5. The second-order valence-electron chi connectivity index (χ2n) is 5.78. The highest BCUT2D eigenvalue weighted by Gasteiger charge is 2.15. The van der Waals surface area contributed by atoms with Gasteiger partial charge in [0.1, 0.15) is 11.4 Å². The fourth-order valence-corrected chi connectivity index (χ4v) is 1.91. The van der Waals surface area contributed by atoms with Gasteiger partial charge in [0.05, 0.1) is 12.3 Å². The molecule has 2 N–H and O–H groups in total. The van der Waals surface area contributed by atoms with Gasteiger partial charge in [-0.25, -0.2) is 4.79 Å². The van der Waals surface area contributed by atoms with E-state index < -0.39 is 11.7 Å². The SMILES string of the molecule is CCOc1ccc(Cl)cc1NCCCNC(=O)OC(C)(C)C. The van der Waals surface area contributed by atoms with Gasteiger partial charge in [-0.05, 0) is 52.3 Å². The molecule has 124 valence electrons. The molecule has 22 heavy (non-hydrogen) atoms. The maximum Gasteiger partial charge on any atom is 0.407 e. The van der Waals surface area contributed by atoms with Crippen LogP contribution in [0.1, 0.15) is 34.1 Å². The number of halogens is 1. The summed E-state index contributed by atoms with van der Waals surface area (Å²) in [5.74, 6) is 0.770. The van der Waals surface area contributed by atoms with Gasteiger partial charge in [0.2, 0.25) is 0 Å². The van der Waals surface area contributed by atoms with E-state index in [1.807, 2.05) is 39.8 Å². The van der Waals surface area contributed by atoms with Crippen LogP contribution in [0.15, 0.2) is 18.2 Å². The number of carbonyl (C=O) groups is 1. The Hall–Kier alpha value is -1.62. The van der Waals surface area contributed by atoms with Crippen LogP contribution in [0, 0.1) is 0 Å². The van der Waals surface area contributed by atoms with Gasteiger partial charge in [-0.2, -0.15) is 0 Å². The van der Waals surface area contributed by atoms with Gasteiger partial charge in [0.15, 0.2) is 0 Å². The molecule has 1 amide bonds. The summed E-state index contributed by atoms with van der Waals surface area (Å²) >= 11 is 5.99. The molecule has 0 radical (unpaired) electrons. The molecule has 0 atom stereocenters. The average molecular weight is 329 g/mol. The molecule has 0 aliphatic carbocycles. The lowest BCUT2D eigenvalue weighted by molar-refractivity contribution is 0.0528. The maximum atomic E-state index is 11.5. The minimum Gasteiger partial charge on any atom is -0.492 e. The minimum absolute atomic E-state index is 0.398. The van der Waals surface area contributed by atoms with E-state index in [0.717, 1.165) is 17.9 Å². The van der Waals surface area contributed by atoms with E-state index in [-0.39, 0.29) is 0 Å². The number of benzene rings is 1. The van der Waals surface area contributed by atoms with E-state index in [4.69, 9.17) is 21.1 Å². The zero-order valence-electron chi connectivity index (χ0n) is 13.7. The molecule has 0 saturated carbocycles. The highest BCUT2D eigenvalue weighted by molar-refractivity contribution is 6.30. The van der Waals surface area contributed by atoms with Crippen molar-refractivity contribution in [2.45, 2.75) is 39.7 Å². The number of alkyl carbamates (subject to hydrolysis) is 1. The van der Waals surface area contributed by atoms with Crippen molar-refractivity contribution in [3.8, 4) is 5.75 Å². The van der Waals surface area contributed by atoms with Crippen LogP contribution in [0.2, 0.25) is 5.02 Å². The van der Waals surface area contributed by atoms with Crippen molar-refractivity contribution in [3.05, 3.63) is 23.2 Å². The van der Waals surface area contributed by atoms with Crippen LogP contribution in [0.5, 0.6) is 5.75 Å².